The Hall–Kier alpha value is -2.79. The zero-order valence-corrected chi connectivity index (χ0v) is 15.7. The first-order valence-electron chi connectivity index (χ1n) is 8.35. The Balaban J connectivity index is 2.08. The van der Waals surface area contributed by atoms with Crippen molar-refractivity contribution in [2.45, 2.75) is 0 Å². The number of carbonyl (C=O) groups excluding carboxylic acids is 1. The van der Waals surface area contributed by atoms with Gasteiger partial charge in [0.1, 0.15) is 23.9 Å². The molecular weight excluding hydrogens is 330 g/mol. The van der Waals surface area contributed by atoms with E-state index in [0.717, 1.165) is 12.1 Å². The Morgan fingerprint density at radius 1 is 1.04 bits per heavy atom. The summed E-state index contributed by atoms with van der Waals surface area (Å²) in [5, 5.41) is 0. The smallest absolute Gasteiger partial charge is 0.185 e. The van der Waals surface area contributed by atoms with Crippen LogP contribution in [0.3, 0.4) is 0 Å². The molecule has 0 aromatic heterocycles. The third kappa shape index (κ3) is 5.63. The van der Waals surface area contributed by atoms with Crippen LogP contribution in [0.15, 0.2) is 48.5 Å². The van der Waals surface area contributed by atoms with E-state index in [-0.39, 0.29) is 5.78 Å². The van der Waals surface area contributed by atoms with Gasteiger partial charge in [0.25, 0.3) is 0 Å². The van der Waals surface area contributed by atoms with Crippen molar-refractivity contribution in [2.24, 2.45) is 0 Å². The maximum absolute atomic E-state index is 12.5. The number of nitrogens with zero attached hydrogens (tertiary/aromatic N) is 1. The Morgan fingerprint density at radius 2 is 1.85 bits per heavy atom. The molecule has 2 aromatic carbocycles. The minimum atomic E-state index is -0.0964. The van der Waals surface area contributed by atoms with Crippen LogP contribution in [-0.2, 0) is 0 Å². The van der Waals surface area contributed by atoms with Crippen LogP contribution in [0.1, 0.15) is 15.9 Å². The first-order chi connectivity index (χ1) is 12.5. The van der Waals surface area contributed by atoms with Gasteiger partial charge in [0.15, 0.2) is 5.78 Å². The fourth-order valence-electron chi connectivity index (χ4n) is 2.30. The molecule has 26 heavy (non-hydrogen) atoms. The topological polar surface area (TPSA) is 48.0 Å². The van der Waals surface area contributed by atoms with Gasteiger partial charge in [0.05, 0.1) is 14.2 Å². The second kappa shape index (κ2) is 9.63. The largest absolute Gasteiger partial charge is 0.497 e. The van der Waals surface area contributed by atoms with Gasteiger partial charge in [-0.15, -0.1) is 0 Å². The van der Waals surface area contributed by atoms with E-state index in [1.807, 2.05) is 43.3 Å². The molecule has 0 radical (unpaired) electrons. The van der Waals surface area contributed by atoms with Crippen LogP contribution < -0.4 is 14.2 Å². The van der Waals surface area contributed by atoms with Gasteiger partial charge < -0.3 is 19.1 Å². The fourth-order valence-corrected chi connectivity index (χ4v) is 2.30. The van der Waals surface area contributed by atoms with E-state index in [1.54, 1.807) is 38.5 Å². The number of benzene rings is 2. The summed E-state index contributed by atoms with van der Waals surface area (Å²) >= 11 is 0. The Kier molecular flexibility index (Phi) is 7.24. The zero-order valence-electron chi connectivity index (χ0n) is 15.7. The summed E-state index contributed by atoms with van der Waals surface area (Å²) in [5.74, 6) is 1.94. The number of ether oxygens (including phenoxy) is 3. The van der Waals surface area contributed by atoms with Crippen molar-refractivity contribution in [1.82, 2.24) is 4.90 Å². The number of hydrogen-bond acceptors (Lipinski definition) is 5. The number of ketones is 1. The van der Waals surface area contributed by atoms with E-state index in [1.165, 1.54) is 6.08 Å². The van der Waals surface area contributed by atoms with E-state index in [2.05, 4.69) is 0 Å². The highest BCUT2D eigenvalue weighted by Gasteiger charge is 2.06. The molecule has 5 heteroatoms. The molecule has 0 amide bonds. The summed E-state index contributed by atoms with van der Waals surface area (Å²) in [5.41, 5.74) is 1.39. The SMILES string of the molecule is COc1ccc(C=CC(=O)c2cccc(OCCN(C)C)c2)c(OC)c1. The predicted octanol–water partition coefficient (Wildman–Crippen LogP) is 3.54. The van der Waals surface area contributed by atoms with Crippen molar-refractivity contribution in [3.8, 4) is 17.2 Å². The van der Waals surface area contributed by atoms with Crippen molar-refractivity contribution in [3.05, 3.63) is 59.7 Å². The van der Waals surface area contributed by atoms with Crippen molar-refractivity contribution in [2.75, 3.05) is 41.5 Å². The number of carbonyl (C=O) groups is 1. The highest BCUT2D eigenvalue weighted by atomic mass is 16.5. The van der Waals surface area contributed by atoms with Gasteiger partial charge in [0, 0.05) is 23.7 Å². The maximum Gasteiger partial charge on any atom is 0.185 e. The fraction of sp³-hybridized carbons (Fsp3) is 0.286. The van der Waals surface area contributed by atoms with Crippen LogP contribution in [-0.4, -0.2) is 52.1 Å². The van der Waals surface area contributed by atoms with Crippen LogP contribution in [0.5, 0.6) is 17.2 Å². The number of allylic oxidation sites excluding steroid dienone is 1. The Morgan fingerprint density at radius 3 is 2.54 bits per heavy atom. The van der Waals surface area contributed by atoms with Crippen molar-refractivity contribution in [1.29, 1.82) is 0 Å². The van der Waals surface area contributed by atoms with Crippen LogP contribution in [0.2, 0.25) is 0 Å². The predicted molar refractivity (Wildman–Crippen MR) is 103 cm³/mol. The molecule has 0 saturated carbocycles. The summed E-state index contributed by atoms with van der Waals surface area (Å²) in [6.07, 6.45) is 3.27. The Bertz CT molecular complexity index is 768. The summed E-state index contributed by atoms with van der Waals surface area (Å²) in [4.78, 5) is 14.5. The van der Waals surface area contributed by atoms with E-state index in [0.29, 0.717) is 29.4 Å². The molecule has 138 valence electrons. The summed E-state index contributed by atoms with van der Waals surface area (Å²) in [7, 11) is 7.16. The number of hydrogen-bond donors (Lipinski definition) is 0. The number of likely N-dealkylation sites (N-methyl/N-ethyl adjacent to an activating group) is 1. The van der Waals surface area contributed by atoms with Crippen LogP contribution in [0.4, 0.5) is 0 Å². The second-order valence-electron chi connectivity index (χ2n) is 5.99. The lowest BCUT2D eigenvalue weighted by atomic mass is 10.1. The molecule has 0 bridgehead atoms. The number of methoxy groups -OCH3 is 2. The average molecular weight is 355 g/mol. The van der Waals surface area contributed by atoms with Gasteiger partial charge in [0.2, 0.25) is 0 Å². The van der Waals surface area contributed by atoms with Gasteiger partial charge in [-0.05, 0) is 50.5 Å². The lowest BCUT2D eigenvalue weighted by Crippen LogP contribution is -2.19. The first-order valence-corrected chi connectivity index (χ1v) is 8.35. The van der Waals surface area contributed by atoms with Gasteiger partial charge in [-0.2, -0.15) is 0 Å². The monoisotopic (exact) mass is 355 g/mol. The molecule has 5 nitrogen and oxygen atoms in total. The van der Waals surface area contributed by atoms with E-state index in [4.69, 9.17) is 14.2 Å². The molecule has 0 aliphatic heterocycles. The molecular formula is C21H25NO4. The molecule has 0 saturated heterocycles. The highest BCUT2D eigenvalue weighted by Crippen LogP contribution is 2.25. The quantitative estimate of drug-likeness (QED) is 0.509. The lowest BCUT2D eigenvalue weighted by molar-refractivity contribution is 0.104. The standard InChI is InChI=1S/C21H25NO4/c1-22(2)12-13-26-19-7-5-6-17(14-19)20(23)11-9-16-8-10-18(24-3)15-21(16)25-4/h5-11,14-15H,12-13H2,1-4H3. The van der Waals surface area contributed by atoms with Crippen molar-refractivity contribution < 1.29 is 19.0 Å². The normalized spacial score (nSPS) is 11.0. The van der Waals surface area contributed by atoms with E-state index < -0.39 is 0 Å². The number of rotatable bonds is 9. The molecule has 0 aliphatic rings. The van der Waals surface area contributed by atoms with Gasteiger partial charge in [-0.1, -0.05) is 12.1 Å². The van der Waals surface area contributed by atoms with Crippen LogP contribution in [0.25, 0.3) is 6.08 Å². The first kappa shape index (κ1) is 19.5. The molecule has 0 spiro atoms. The van der Waals surface area contributed by atoms with Gasteiger partial charge >= 0.3 is 0 Å². The zero-order chi connectivity index (χ0) is 18.9. The molecule has 0 fully saturated rings. The summed E-state index contributed by atoms with van der Waals surface area (Å²) in [6.45, 7) is 1.39. The second-order valence-corrected chi connectivity index (χ2v) is 5.99. The Labute approximate surface area is 154 Å². The van der Waals surface area contributed by atoms with E-state index >= 15 is 0 Å². The highest BCUT2D eigenvalue weighted by molar-refractivity contribution is 6.07. The average Bonchev–Trinajstić information content (AvgIpc) is 2.65. The maximum atomic E-state index is 12.5. The van der Waals surface area contributed by atoms with Crippen molar-refractivity contribution in [3.63, 3.8) is 0 Å². The molecule has 0 unspecified atom stereocenters. The van der Waals surface area contributed by atoms with Crippen LogP contribution >= 0.6 is 0 Å². The van der Waals surface area contributed by atoms with Crippen molar-refractivity contribution >= 4 is 11.9 Å². The van der Waals surface area contributed by atoms with Gasteiger partial charge in [-0.3, -0.25) is 4.79 Å². The summed E-state index contributed by atoms with van der Waals surface area (Å²) in [6, 6.07) is 12.7. The minimum absolute atomic E-state index is 0.0964. The molecule has 2 rings (SSSR count). The third-order valence-corrected chi connectivity index (χ3v) is 3.78. The van der Waals surface area contributed by atoms with E-state index in [9.17, 15) is 4.79 Å². The summed E-state index contributed by atoms with van der Waals surface area (Å²) < 4.78 is 16.2. The lowest BCUT2D eigenvalue weighted by Gasteiger charge is -2.11. The molecule has 0 aliphatic carbocycles. The minimum Gasteiger partial charge on any atom is -0.497 e. The third-order valence-electron chi connectivity index (χ3n) is 3.78. The molecule has 0 N–H and O–H groups in total. The van der Waals surface area contributed by atoms with Gasteiger partial charge in [-0.25, -0.2) is 0 Å². The molecule has 0 heterocycles. The van der Waals surface area contributed by atoms with Crippen LogP contribution in [0, 0.1) is 0 Å². The molecule has 0 atom stereocenters. The molecule has 2 aromatic rings.